The van der Waals surface area contributed by atoms with Crippen molar-refractivity contribution >= 4 is 11.8 Å². The van der Waals surface area contributed by atoms with Crippen LogP contribution in [0.5, 0.6) is 0 Å². The fourth-order valence-electron chi connectivity index (χ4n) is 3.59. The lowest BCUT2D eigenvalue weighted by atomic mass is 10.0. The molecule has 1 unspecified atom stereocenters. The Morgan fingerprint density at radius 1 is 0.800 bits per heavy atom. The second-order valence-corrected chi connectivity index (χ2v) is 8.32. The number of benzene rings is 1. The molecule has 4 heteroatoms. The van der Waals surface area contributed by atoms with Crippen molar-refractivity contribution < 1.29 is 19.4 Å². The minimum atomic E-state index is -0.294. The maximum absolute atomic E-state index is 11.9. The van der Waals surface area contributed by atoms with Crippen LogP contribution in [0.1, 0.15) is 114 Å². The Morgan fingerprint density at radius 3 is 1.93 bits per heavy atom. The van der Waals surface area contributed by atoms with E-state index in [1.807, 2.05) is 6.07 Å². The molecule has 1 aromatic rings. The van der Waals surface area contributed by atoms with E-state index in [2.05, 4.69) is 6.92 Å². The zero-order valence-electron chi connectivity index (χ0n) is 18.9. The molecule has 0 aliphatic carbocycles. The zero-order chi connectivity index (χ0) is 21.9. The molecular formula is C26H42O4. The third-order valence-corrected chi connectivity index (χ3v) is 5.52. The van der Waals surface area contributed by atoms with E-state index in [-0.39, 0.29) is 24.5 Å². The number of ketones is 1. The first-order valence-electron chi connectivity index (χ1n) is 12.1. The Kier molecular flexibility index (Phi) is 15.9. The highest BCUT2D eigenvalue weighted by atomic mass is 16.5. The van der Waals surface area contributed by atoms with Gasteiger partial charge in [-0.2, -0.15) is 0 Å². The third-order valence-electron chi connectivity index (χ3n) is 5.52. The number of Topliss-reactive ketones (excluding diaryl/α,β-unsaturated/α-hetero) is 1. The van der Waals surface area contributed by atoms with E-state index in [1.165, 1.54) is 32.1 Å². The molecule has 1 atom stereocenters. The Morgan fingerprint density at radius 2 is 1.33 bits per heavy atom. The van der Waals surface area contributed by atoms with Gasteiger partial charge in [0.25, 0.3) is 0 Å². The van der Waals surface area contributed by atoms with Crippen molar-refractivity contribution in [3.8, 4) is 0 Å². The van der Waals surface area contributed by atoms with Crippen LogP contribution in [0.3, 0.4) is 0 Å². The molecule has 0 fully saturated rings. The standard InChI is InChI=1S/C26H42O4/c1-2-3-4-5-8-14-19-24(27)20-15-9-6-7-10-16-21-26(29)30-22-25(28)23-17-12-11-13-18-23/h11-13,17-18,24,27H,2-10,14-16,19-22H2,1H3. The number of hydrogen-bond acceptors (Lipinski definition) is 4. The molecule has 30 heavy (non-hydrogen) atoms. The Labute approximate surface area is 183 Å². The van der Waals surface area contributed by atoms with Crippen LogP contribution in [0.25, 0.3) is 0 Å². The fraction of sp³-hybridized carbons (Fsp3) is 0.692. The van der Waals surface area contributed by atoms with E-state index in [9.17, 15) is 14.7 Å². The quantitative estimate of drug-likeness (QED) is 0.155. The molecule has 1 rings (SSSR count). The molecular weight excluding hydrogens is 376 g/mol. The predicted octanol–water partition coefficient (Wildman–Crippen LogP) is 6.64. The topological polar surface area (TPSA) is 63.6 Å². The predicted molar refractivity (Wildman–Crippen MR) is 123 cm³/mol. The maximum atomic E-state index is 11.9. The van der Waals surface area contributed by atoms with Crippen LogP contribution in [-0.2, 0) is 9.53 Å². The lowest BCUT2D eigenvalue weighted by Gasteiger charge is -2.10. The Balaban J connectivity index is 1.88. The van der Waals surface area contributed by atoms with Crippen molar-refractivity contribution in [2.24, 2.45) is 0 Å². The van der Waals surface area contributed by atoms with Crippen molar-refractivity contribution in [1.29, 1.82) is 0 Å². The summed E-state index contributed by atoms with van der Waals surface area (Å²) < 4.78 is 5.07. The van der Waals surface area contributed by atoms with E-state index < -0.39 is 0 Å². The average Bonchev–Trinajstić information content (AvgIpc) is 2.76. The second kappa shape index (κ2) is 18.1. The summed E-state index contributed by atoms with van der Waals surface area (Å²) in [6, 6.07) is 8.89. The van der Waals surface area contributed by atoms with Crippen molar-refractivity contribution in [2.45, 2.75) is 109 Å². The molecule has 0 saturated heterocycles. The SMILES string of the molecule is CCCCCCCCC(O)CCCCCCCCC(=O)OCC(=O)c1ccccc1. The zero-order valence-corrected chi connectivity index (χ0v) is 18.9. The number of carbonyl (C=O) groups is 2. The first kappa shape index (κ1) is 26.4. The summed E-state index contributed by atoms with van der Waals surface area (Å²) in [5.41, 5.74) is 0.572. The number of ether oxygens (including phenoxy) is 1. The van der Waals surface area contributed by atoms with Crippen LogP contribution in [0, 0.1) is 0 Å². The van der Waals surface area contributed by atoms with E-state index in [4.69, 9.17) is 4.74 Å². The largest absolute Gasteiger partial charge is 0.457 e. The monoisotopic (exact) mass is 418 g/mol. The molecule has 170 valence electrons. The molecule has 0 aliphatic rings. The van der Waals surface area contributed by atoms with Crippen molar-refractivity contribution in [1.82, 2.24) is 0 Å². The smallest absolute Gasteiger partial charge is 0.306 e. The van der Waals surface area contributed by atoms with Gasteiger partial charge >= 0.3 is 5.97 Å². The van der Waals surface area contributed by atoms with Crippen LogP contribution < -0.4 is 0 Å². The second-order valence-electron chi connectivity index (χ2n) is 8.32. The van der Waals surface area contributed by atoms with E-state index >= 15 is 0 Å². The minimum Gasteiger partial charge on any atom is -0.457 e. The number of aliphatic hydroxyl groups is 1. The molecule has 0 aromatic heterocycles. The molecule has 0 amide bonds. The number of carbonyl (C=O) groups excluding carboxylic acids is 2. The summed E-state index contributed by atoms with van der Waals surface area (Å²) in [5, 5.41) is 10.0. The van der Waals surface area contributed by atoms with Gasteiger partial charge in [0.2, 0.25) is 0 Å². The lowest BCUT2D eigenvalue weighted by molar-refractivity contribution is -0.142. The van der Waals surface area contributed by atoms with Gasteiger partial charge in [-0.3, -0.25) is 9.59 Å². The van der Waals surface area contributed by atoms with Crippen molar-refractivity contribution in [3.05, 3.63) is 35.9 Å². The van der Waals surface area contributed by atoms with Gasteiger partial charge < -0.3 is 9.84 Å². The lowest BCUT2D eigenvalue weighted by Crippen LogP contribution is -2.13. The summed E-state index contributed by atoms with van der Waals surface area (Å²) in [5.74, 6) is -0.459. The van der Waals surface area contributed by atoms with Crippen molar-refractivity contribution in [3.63, 3.8) is 0 Å². The minimum absolute atomic E-state index is 0.135. The van der Waals surface area contributed by atoms with E-state index in [0.717, 1.165) is 57.8 Å². The van der Waals surface area contributed by atoms with Gasteiger partial charge in [0, 0.05) is 12.0 Å². The molecule has 0 heterocycles. The molecule has 1 aromatic carbocycles. The number of aliphatic hydroxyl groups excluding tert-OH is 1. The maximum Gasteiger partial charge on any atom is 0.306 e. The van der Waals surface area contributed by atoms with Gasteiger partial charge in [0.15, 0.2) is 12.4 Å². The summed E-state index contributed by atoms with van der Waals surface area (Å²) >= 11 is 0. The fourth-order valence-corrected chi connectivity index (χ4v) is 3.59. The highest BCUT2D eigenvalue weighted by Gasteiger charge is 2.09. The number of esters is 1. The Hall–Kier alpha value is -1.68. The number of rotatable bonds is 19. The molecule has 0 saturated carbocycles. The summed E-state index contributed by atoms with van der Waals surface area (Å²) in [7, 11) is 0. The molecule has 0 spiro atoms. The highest BCUT2D eigenvalue weighted by molar-refractivity contribution is 5.97. The van der Waals surface area contributed by atoms with Gasteiger partial charge in [0.05, 0.1) is 6.10 Å². The van der Waals surface area contributed by atoms with E-state index in [0.29, 0.717) is 12.0 Å². The molecule has 0 aliphatic heterocycles. The van der Waals surface area contributed by atoms with Crippen LogP contribution in [0.2, 0.25) is 0 Å². The molecule has 0 bridgehead atoms. The number of unbranched alkanes of at least 4 members (excludes halogenated alkanes) is 10. The first-order chi connectivity index (χ1) is 14.6. The number of hydrogen-bond donors (Lipinski definition) is 1. The summed E-state index contributed by atoms with van der Waals surface area (Å²) in [4.78, 5) is 23.6. The van der Waals surface area contributed by atoms with Crippen LogP contribution in [-0.4, -0.2) is 29.6 Å². The average molecular weight is 419 g/mol. The van der Waals surface area contributed by atoms with Gasteiger partial charge in [-0.1, -0.05) is 108 Å². The molecule has 0 radical (unpaired) electrons. The van der Waals surface area contributed by atoms with Gasteiger partial charge in [-0.25, -0.2) is 0 Å². The summed E-state index contributed by atoms with van der Waals surface area (Å²) in [6.07, 6.45) is 16.0. The van der Waals surface area contributed by atoms with Gasteiger partial charge in [0.1, 0.15) is 0 Å². The summed E-state index contributed by atoms with van der Waals surface area (Å²) in [6.45, 7) is 2.05. The highest BCUT2D eigenvalue weighted by Crippen LogP contribution is 2.14. The van der Waals surface area contributed by atoms with Crippen LogP contribution in [0.15, 0.2) is 30.3 Å². The van der Waals surface area contributed by atoms with Crippen molar-refractivity contribution in [2.75, 3.05) is 6.61 Å². The molecule has 1 N–H and O–H groups in total. The Bertz CT molecular complexity index is 555. The first-order valence-corrected chi connectivity index (χ1v) is 12.1. The van der Waals surface area contributed by atoms with Gasteiger partial charge in [-0.05, 0) is 19.3 Å². The van der Waals surface area contributed by atoms with Crippen LogP contribution in [0.4, 0.5) is 0 Å². The van der Waals surface area contributed by atoms with Crippen LogP contribution >= 0.6 is 0 Å². The third kappa shape index (κ3) is 14.3. The van der Waals surface area contributed by atoms with Gasteiger partial charge in [-0.15, -0.1) is 0 Å². The van der Waals surface area contributed by atoms with E-state index in [1.54, 1.807) is 24.3 Å². The normalized spacial score (nSPS) is 11.9. The molecule has 4 nitrogen and oxygen atoms in total.